The van der Waals surface area contributed by atoms with Crippen LogP contribution in [0.25, 0.3) is 0 Å². The molecule has 0 unspecified atom stereocenters. The summed E-state index contributed by atoms with van der Waals surface area (Å²) in [4.78, 5) is 42.1. The van der Waals surface area contributed by atoms with E-state index in [-0.39, 0.29) is 36.1 Å². The van der Waals surface area contributed by atoms with Crippen molar-refractivity contribution >= 4 is 41.1 Å². The minimum atomic E-state index is -1.64. The summed E-state index contributed by atoms with van der Waals surface area (Å²) in [7, 11) is 0. The van der Waals surface area contributed by atoms with Crippen LogP contribution in [0, 0.1) is 13.8 Å². The third-order valence-electron chi connectivity index (χ3n) is 7.67. The molecule has 3 atom stereocenters. The monoisotopic (exact) mass is 609 g/mol. The molecular weight excluding hydrogens is 574 g/mol. The maximum atomic E-state index is 13.9. The lowest BCUT2D eigenvalue weighted by molar-refractivity contribution is -0.147. The molecule has 3 aromatic carbocycles. The first kappa shape index (κ1) is 31.4. The number of hydrogen-bond acceptors (Lipinski definition) is 6. The predicted octanol–water partition coefficient (Wildman–Crippen LogP) is 4.36. The molecule has 0 aliphatic carbocycles. The molecule has 0 spiro atoms. The minimum absolute atomic E-state index is 0.0314. The fourth-order valence-electron chi connectivity index (χ4n) is 5.14. The summed E-state index contributed by atoms with van der Waals surface area (Å²) in [6, 6.07) is 17.5. The second-order valence-corrected chi connectivity index (χ2v) is 13.0. The molecule has 4 N–H and O–H groups in total. The molecule has 0 bridgehead atoms. The molecule has 3 aromatic rings. The predicted molar refractivity (Wildman–Crippen MR) is 165 cm³/mol. The van der Waals surface area contributed by atoms with Gasteiger partial charge in [-0.3, -0.25) is 14.4 Å². The molecule has 8 nitrogen and oxygen atoms in total. The van der Waals surface area contributed by atoms with E-state index in [0.717, 1.165) is 16.7 Å². The van der Waals surface area contributed by atoms with Crippen LogP contribution < -0.4 is 10.6 Å². The van der Waals surface area contributed by atoms with Crippen LogP contribution in [0.5, 0.6) is 5.75 Å². The van der Waals surface area contributed by atoms with Gasteiger partial charge in [0.1, 0.15) is 11.8 Å². The van der Waals surface area contributed by atoms with Gasteiger partial charge >= 0.3 is 0 Å². The number of nitrogens with one attached hydrogen (secondary N) is 2. The average Bonchev–Trinajstić information content (AvgIpc) is 3.28. The first-order valence-electron chi connectivity index (χ1n) is 13.7. The second-order valence-electron chi connectivity index (χ2n) is 11.0. The van der Waals surface area contributed by atoms with E-state index in [1.807, 2.05) is 63.2 Å². The van der Waals surface area contributed by atoms with Crippen molar-refractivity contribution in [2.24, 2.45) is 0 Å². The van der Waals surface area contributed by atoms with E-state index < -0.39 is 34.7 Å². The number of amides is 3. The first-order valence-corrected chi connectivity index (χ1v) is 15.0. The van der Waals surface area contributed by atoms with Crippen LogP contribution in [-0.2, 0) is 22.6 Å². The minimum Gasteiger partial charge on any atom is -0.508 e. The van der Waals surface area contributed by atoms with Crippen molar-refractivity contribution in [2.75, 3.05) is 5.88 Å². The number of rotatable bonds is 9. The van der Waals surface area contributed by atoms with Crippen molar-refractivity contribution < 1.29 is 24.6 Å². The van der Waals surface area contributed by atoms with E-state index in [1.165, 1.54) is 22.7 Å². The van der Waals surface area contributed by atoms with Crippen LogP contribution >= 0.6 is 23.4 Å². The standard InChI is InChI=1S/C32H36ClN3O5S/c1-19-10-8-14-24(33)23(19)17-34-30(40)28-32(3,4)42-18-36(28)31(41)27(38)25(16-21-11-6-5-7-12-21)35-29(39)22-13-9-15-26(37)20(22)2/h5-15,25,27-28,37-38H,16-18H2,1-4H3,(H,34,40)(H,35,39)/t25-,27-,28+/m0/s1. The lowest BCUT2D eigenvalue weighted by atomic mass is 9.96. The second kappa shape index (κ2) is 13.2. The fourth-order valence-corrected chi connectivity index (χ4v) is 6.57. The third-order valence-corrected chi connectivity index (χ3v) is 9.40. The van der Waals surface area contributed by atoms with Gasteiger partial charge in [0, 0.05) is 27.4 Å². The van der Waals surface area contributed by atoms with Crippen LogP contribution in [0.1, 0.15) is 46.5 Å². The number of benzene rings is 3. The molecular formula is C32H36ClN3O5S. The average molecular weight is 610 g/mol. The van der Waals surface area contributed by atoms with Gasteiger partial charge < -0.3 is 25.7 Å². The number of carbonyl (C=O) groups is 3. The summed E-state index contributed by atoms with van der Waals surface area (Å²) in [5, 5.41) is 27.8. The van der Waals surface area contributed by atoms with Gasteiger partial charge in [-0.2, -0.15) is 0 Å². The maximum absolute atomic E-state index is 13.9. The number of phenols is 1. The van der Waals surface area contributed by atoms with Gasteiger partial charge in [0.15, 0.2) is 6.10 Å². The van der Waals surface area contributed by atoms with E-state index in [0.29, 0.717) is 10.6 Å². The topological polar surface area (TPSA) is 119 Å². The molecule has 10 heteroatoms. The quantitative estimate of drug-likeness (QED) is 0.286. The number of phenolic OH excluding ortho intramolecular Hbond substituents is 1. The smallest absolute Gasteiger partial charge is 0.254 e. The van der Waals surface area contributed by atoms with Crippen molar-refractivity contribution in [1.82, 2.24) is 15.5 Å². The number of aryl methyl sites for hydroxylation is 1. The summed E-state index contributed by atoms with van der Waals surface area (Å²) in [6.45, 7) is 7.50. The number of aromatic hydroxyl groups is 1. The van der Waals surface area contributed by atoms with Gasteiger partial charge in [-0.1, -0.05) is 60.1 Å². The van der Waals surface area contributed by atoms with E-state index >= 15 is 0 Å². The molecule has 1 fully saturated rings. The van der Waals surface area contributed by atoms with Crippen molar-refractivity contribution in [1.29, 1.82) is 0 Å². The number of halogens is 1. The highest BCUT2D eigenvalue weighted by molar-refractivity contribution is 8.00. The normalized spacial score (nSPS) is 17.4. The number of carbonyl (C=O) groups excluding carboxylic acids is 3. The maximum Gasteiger partial charge on any atom is 0.254 e. The summed E-state index contributed by atoms with van der Waals surface area (Å²) in [5.74, 6) is -1.38. The molecule has 1 aliphatic rings. The SMILES string of the molecule is Cc1cccc(Cl)c1CNC(=O)[C@H]1N(C(=O)[C@@H](O)[C@H](Cc2ccccc2)NC(=O)c2cccc(O)c2C)CSC1(C)C. The molecule has 42 heavy (non-hydrogen) atoms. The van der Waals surface area contributed by atoms with E-state index in [2.05, 4.69) is 10.6 Å². The molecule has 0 saturated carbocycles. The molecule has 1 aliphatic heterocycles. The Morgan fingerprint density at radius 2 is 1.74 bits per heavy atom. The van der Waals surface area contributed by atoms with Gasteiger partial charge in [-0.05, 0) is 69.0 Å². The molecule has 222 valence electrons. The zero-order chi connectivity index (χ0) is 30.6. The first-order chi connectivity index (χ1) is 19.9. The molecule has 1 heterocycles. The van der Waals surface area contributed by atoms with Gasteiger partial charge in [0.25, 0.3) is 11.8 Å². The Kier molecular flexibility index (Phi) is 9.86. The Hall–Kier alpha value is -3.53. The van der Waals surface area contributed by atoms with E-state index in [9.17, 15) is 24.6 Å². The highest BCUT2D eigenvalue weighted by atomic mass is 35.5. The lowest BCUT2D eigenvalue weighted by Crippen LogP contribution is -2.58. The molecule has 3 amide bonds. The van der Waals surface area contributed by atoms with Crippen LogP contribution in [0.3, 0.4) is 0 Å². The van der Waals surface area contributed by atoms with Crippen LogP contribution in [0.15, 0.2) is 66.7 Å². The van der Waals surface area contributed by atoms with Crippen LogP contribution in [0.4, 0.5) is 0 Å². The Morgan fingerprint density at radius 3 is 2.43 bits per heavy atom. The summed E-state index contributed by atoms with van der Waals surface area (Å²) >= 11 is 7.79. The summed E-state index contributed by atoms with van der Waals surface area (Å²) in [5.41, 5.74) is 3.16. The fraction of sp³-hybridized carbons (Fsp3) is 0.344. The van der Waals surface area contributed by atoms with Gasteiger partial charge in [0.05, 0.1) is 11.9 Å². The van der Waals surface area contributed by atoms with Crippen molar-refractivity contribution in [3.63, 3.8) is 0 Å². The third kappa shape index (κ3) is 6.91. The summed E-state index contributed by atoms with van der Waals surface area (Å²) < 4.78 is -0.633. The number of hydrogen-bond donors (Lipinski definition) is 4. The highest BCUT2D eigenvalue weighted by Gasteiger charge is 2.49. The van der Waals surface area contributed by atoms with Gasteiger partial charge in [-0.15, -0.1) is 11.8 Å². The molecule has 0 aromatic heterocycles. The summed E-state index contributed by atoms with van der Waals surface area (Å²) in [6.07, 6.45) is -1.47. The Bertz CT molecular complexity index is 1450. The van der Waals surface area contributed by atoms with Crippen LogP contribution in [-0.4, -0.2) is 61.6 Å². The molecule has 4 rings (SSSR count). The number of thioether (sulfide) groups is 1. The Balaban J connectivity index is 1.57. The van der Waals surface area contributed by atoms with Gasteiger partial charge in [-0.25, -0.2) is 0 Å². The number of aliphatic hydroxyl groups is 1. The largest absolute Gasteiger partial charge is 0.508 e. The van der Waals surface area contributed by atoms with Crippen molar-refractivity contribution in [3.8, 4) is 5.75 Å². The van der Waals surface area contributed by atoms with Gasteiger partial charge in [0.2, 0.25) is 5.91 Å². The van der Waals surface area contributed by atoms with E-state index in [1.54, 1.807) is 25.1 Å². The zero-order valence-electron chi connectivity index (χ0n) is 24.1. The Labute approximate surface area is 255 Å². The highest BCUT2D eigenvalue weighted by Crippen LogP contribution is 2.40. The Morgan fingerprint density at radius 1 is 1.05 bits per heavy atom. The number of nitrogens with zero attached hydrogens (tertiary/aromatic N) is 1. The van der Waals surface area contributed by atoms with E-state index in [4.69, 9.17) is 11.6 Å². The van der Waals surface area contributed by atoms with Crippen molar-refractivity contribution in [2.45, 2.75) is 63.6 Å². The lowest BCUT2D eigenvalue weighted by Gasteiger charge is -2.33. The molecule has 0 radical (unpaired) electrons. The number of aliphatic hydroxyl groups excluding tert-OH is 1. The van der Waals surface area contributed by atoms with Crippen molar-refractivity contribution in [3.05, 3.63) is 99.6 Å². The molecule has 1 saturated heterocycles. The van der Waals surface area contributed by atoms with Crippen LogP contribution in [0.2, 0.25) is 5.02 Å². The zero-order valence-corrected chi connectivity index (χ0v) is 25.6.